The third-order valence-electron chi connectivity index (χ3n) is 4.30. The van der Waals surface area contributed by atoms with Crippen molar-refractivity contribution in [3.8, 4) is 11.8 Å². The van der Waals surface area contributed by atoms with Gasteiger partial charge in [0.2, 0.25) is 0 Å². The van der Waals surface area contributed by atoms with Crippen LogP contribution in [0.1, 0.15) is 45.6 Å². The lowest BCUT2D eigenvalue weighted by atomic mass is 10.1. The average Bonchev–Trinajstić information content (AvgIpc) is 2.81. The summed E-state index contributed by atoms with van der Waals surface area (Å²) in [5.41, 5.74) is 1.52. The highest BCUT2D eigenvalue weighted by molar-refractivity contribution is 9.10. The third kappa shape index (κ3) is 4.49. The van der Waals surface area contributed by atoms with Gasteiger partial charge in [0.15, 0.2) is 6.61 Å². The summed E-state index contributed by atoms with van der Waals surface area (Å²) in [7, 11) is 0. The van der Waals surface area contributed by atoms with Gasteiger partial charge in [-0.15, -0.1) is 11.3 Å². The van der Waals surface area contributed by atoms with Crippen LogP contribution < -0.4 is 5.32 Å². The van der Waals surface area contributed by atoms with Crippen LogP contribution in [0.3, 0.4) is 0 Å². The Morgan fingerprint density at radius 3 is 2.85 bits per heavy atom. The molecule has 0 unspecified atom stereocenters. The lowest BCUT2D eigenvalue weighted by Gasteiger charge is -2.07. The topological polar surface area (TPSA) is 99.4 Å². The number of thiophene rings is 1. The van der Waals surface area contributed by atoms with E-state index in [1.54, 1.807) is 6.07 Å². The predicted octanol–water partition coefficient (Wildman–Crippen LogP) is 4.15. The number of aromatic hydroxyl groups is 1. The molecule has 140 valence electrons. The number of phenolic OH excluding ortho intramolecular Hbond substituents is 1. The van der Waals surface area contributed by atoms with Crippen molar-refractivity contribution in [1.82, 2.24) is 0 Å². The molecule has 1 aliphatic carbocycles. The van der Waals surface area contributed by atoms with Crippen molar-refractivity contribution in [3.63, 3.8) is 0 Å². The number of benzene rings is 1. The van der Waals surface area contributed by atoms with Crippen LogP contribution in [0.5, 0.6) is 5.75 Å². The van der Waals surface area contributed by atoms with Gasteiger partial charge < -0.3 is 15.2 Å². The number of hydrogen-bond acceptors (Lipinski definition) is 6. The maximum absolute atomic E-state index is 12.2. The molecule has 2 N–H and O–H groups in total. The maximum atomic E-state index is 12.2. The first-order valence-corrected chi connectivity index (χ1v) is 10.1. The molecule has 27 heavy (non-hydrogen) atoms. The predicted molar refractivity (Wildman–Crippen MR) is 105 cm³/mol. The minimum atomic E-state index is -0.800. The van der Waals surface area contributed by atoms with Gasteiger partial charge in [-0.05, 0) is 49.4 Å². The van der Waals surface area contributed by atoms with E-state index in [1.807, 2.05) is 0 Å². The number of nitrogens with zero attached hydrogens (tertiary/aromatic N) is 1. The van der Waals surface area contributed by atoms with Gasteiger partial charge in [-0.3, -0.25) is 4.79 Å². The number of nitriles is 1. The van der Waals surface area contributed by atoms with Crippen molar-refractivity contribution in [2.45, 2.75) is 32.1 Å². The van der Waals surface area contributed by atoms with Gasteiger partial charge in [0.1, 0.15) is 22.4 Å². The first-order chi connectivity index (χ1) is 13.0. The maximum Gasteiger partial charge on any atom is 0.342 e. The first-order valence-electron chi connectivity index (χ1n) is 8.49. The standard InChI is InChI=1S/C19H17BrN2O4S/c20-11-6-7-15(23)13(8-11)19(25)26-10-17(24)22-18-14(9-21)12-4-2-1-3-5-16(12)27-18/h6-8,23H,1-5,10H2,(H,22,24). The Labute approximate surface area is 168 Å². The van der Waals surface area contributed by atoms with Crippen LogP contribution in [0, 0.1) is 11.3 Å². The molecule has 0 saturated heterocycles. The second-order valence-corrected chi connectivity index (χ2v) is 8.19. The average molecular weight is 449 g/mol. The van der Waals surface area contributed by atoms with E-state index in [-0.39, 0.29) is 11.3 Å². The number of aryl methyl sites for hydroxylation is 1. The Balaban J connectivity index is 1.65. The molecule has 2 aromatic rings. The molecule has 0 fully saturated rings. The summed E-state index contributed by atoms with van der Waals surface area (Å²) in [6.07, 6.45) is 5.04. The van der Waals surface area contributed by atoms with E-state index in [4.69, 9.17) is 4.74 Å². The Morgan fingerprint density at radius 1 is 1.30 bits per heavy atom. The molecule has 6 nitrogen and oxygen atoms in total. The van der Waals surface area contributed by atoms with E-state index in [9.17, 15) is 20.0 Å². The number of halogens is 1. The van der Waals surface area contributed by atoms with Gasteiger partial charge in [0.05, 0.1) is 5.56 Å². The SMILES string of the molecule is N#Cc1c(NC(=O)COC(=O)c2cc(Br)ccc2O)sc2c1CCCCC2. The van der Waals surface area contributed by atoms with Crippen LogP contribution in [-0.4, -0.2) is 23.6 Å². The van der Waals surface area contributed by atoms with Crippen LogP contribution in [0.15, 0.2) is 22.7 Å². The quantitative estimate of drug-likeness (QED) is 0.540. The Morgan fingerprint density at radius 2 is 2.07 bits per heavy atom. The summed E-state index contributed by atoms with van der Waals surface area (Å²) in [6, 6.07) is 6.55. The highest BCUT2D eigenvalue weighted by Gasteiger charge is 2.21. The number of hydrogen-bond donors (Lipinski definition) is 2. The molecule has 0 atom stereocenters. The minimum absolute atomic E-state index is 0.0299. The van der Waals surface area contributed by atoms with Crippen LogP contribution in [-0.2, 0) is 22.4 Å². The minimum Gasteiger partial charge on any atom is -0.507 e. The second kappa shape index (κ2) is 8.55. The number of phenols is 1. The molecular formula is C19H17BrN2O4S. The zero-order valence-electron chi connectivity index (χ0n) is 14.4. The Kier molecular flexibility index (Phi) is 6.14. The van der Waals surface area contributed by atoms with Gasteiger partial charge in [-0.2, -0.15) is 5.26 Å². The number of carbonyl (C=O) groups excluding carboxylic acids is 2. The van der Waals surface area contributed by atoms with Crippen LogP contribution in [0.4, 0.5) is 5.00 Å². The Hall–Kier alpha value is -2.37. The molecule has 3 rings (SSSR count). The number of fused-ring (bicyclic) bond motifs is 1. The number of anilines is 1. The zero-order chi connectivity index (χ0) is 19.4. The van der Waals surface area contributed by atoms with Crippen LogP contribution >= 0.6 is 27.3 Å². The molecule has 0 aliphatic heterocycles. The van der Waals surface area contributed by atoms with Crippen LogP contribution in [0.2, 0.25) is 0 Å². The number of amides is 1. The molecule has 1 aromatic carbocycles. The zero-order valence-corrected chi connectivity index (χ0v) is 16.8. The Bertz CT molecular complexity index is 933. The third-order valence-corrected chi connectivity index (χ3v) is 6.00. The van der Waals surface area contributed by atoms with Gasteiger partial charge in [-0.25, -0.2) is 4.79 Å². The summed E-state index contributed by atoms with van der Waals surface area (Å²) in [4.78, 5) is 25.4. The van der Waals surface area contributed by atoms with Gasteiger partial charge in [0.25, 0.3) is 5.91 Å². The highest BCUT2D eigenvalue weighted by atomic mass is 79.9. The molecule has 8 heteroatoms. The fourth-order valence-electron chi connectivity index (χ4n) is 2.99. The number of carbonyl (C=O) groups is 2. The van der Waals surface area contributed by atoms with E-state index in [0.29, 0.717) is 15.0 Å². The molecule has 0 saturated carbocycles. The van der Waals surface area contributed by atoms with Crippen molar-refractivity contribution in [3.05, 3.63) is 44.2 Å². The lowest BCUT2D eigenvalue weighted by molar-refractivity contribution is -0.119. The summed E-state index contributed by atoms with van der Waals surface area (Å²) < 4.78 is 5.59. The molecule has 1 aliphatic rings. The van der Waals surface area contributed by atoms with Crippen molar-refractivity contribution in [2.24, 2.45) is 0 Å². The van der Waals surface area contributed by atoms with Gasteiger partial charge in [0, 0.05) is 9.35 Å². The fourth-order valence-corrected chi connectivity index (χ4v) is 4.61. The number of rotatable bonds is 4. The number of esters is 1. The van der Waals surface area contributed by atoms with E-state index < -0.39 is 18.5 Å². The smallest absolute Gasteiger partial charge is 0.342 e. The van der Waals surface area contributed by atoms with Crippen molar-refractivity contribution in [1.29, 1.82) is 5.26 Å². The first kappa shape index (κ1) is 19.4. The summed E-state index contributed by atoms with van der Waals surface area (Å²) in [6.45, 7) is -0.502. The summed E-state index contributed by atoms with van der Waals surface area (Å²) >= 11 is 4.63. The normalized spacial score (nSPS) is 13.2. The van der Waals surface area contributed by atoms with E-state index in [2.05, 4.69) is 27.3 Å². The summed E-state index contributed by atoms with van der Waals surface area (Å²) in [5, 5.41) is 22.4. The second-order valence-electron chi connectivity index (χ2n) is 6.17. The largest absolute Gasteiger partial charge is 0.507 e. The molecule has 0 bridgehead atoms. The lowest BCUT2D eigenvalue weighted by Crippen LogP contribution is -2.21. The number of nitrogens with one attached hydrogen (secondary N) is 1. The molecule has 0 spiro atoms. The van der Waals surface area contributed by atoms with Crippen molar-refractivity contribution < 1.29 is 19.4 Å². The fraction of sp³-hybridized carbons (Fsp3) is 0.316. The number of ether oxygens (including phenoxy) is 1. The van der Waals surface area contributed by atoms with E-state index in [1.165, 1.54) is 23.5 Å². The van der Waals surface area contributed by atoms with Crippen molar-refractivity contribution >= 4 is 44.1 Å². The molecule has 1 aromatic heterocycles. The molecule has 1 heterocycles. The van der Waals surface area contributed by atoms with Gasteiger partial charge >= 0.3 is 5.97 Å². The monoisotopic (exact) mass is 448 g/mol. The molecule has 0 radical (unpaired) electrons. The highest BCUT2D eigenvalue weighted by Crippen LogP contribution is 2.36. The molecule has 1 amide bonds. The molecular weight excluding hydrogens is 432 g/mol. The van der Waals surface area contributed by atoms with E-state index >= 15 is 0 Å². The van der Waals surface area contributed by atoms with Crippen LogP contribution in [0.25, 0.3) is 0 Å². The summed E-state index contributed by atoms with van der Waals surface area (Å²) in [5.74, 6) is -1.55. The van der Waals surface area contributed by atoms with Crippen molar-refractivity contribution in [2.75, 3.05) is 11.9 Å². The van der Waals surface area contributed by atoms with E-state index in [0.717, 1.165) is 42.5 Å². The van der Waals surface area contributed by atoms with Gasteiger partial charge in [-0.1, -0.05) is 22.4 Å².